The van der Waals surface area contributed by atoms with Gasteiger partial charge < -0.3 is 19.4 Å². The van der Waals surface area contributed by atoms with Gasteiger partial charge in [-0.25, -0.2) is 0 Å². The maximum Gasteiger partial charge on any atom is 0.267 e. The highest BCUT2D eigenvalue weighted by Gasteiger charge is 2.12. The Morgan fingerprint density at radius 2 is 1.62 bits per heavy atom. The van der Waals surface area contributed by atoms with Gasteiger partial charge in [-0.05, 0) is 49.7 Å². The first-order chi connectivity index (χ1) is 15.6. The monoisotopic (exact) mass is 433 g/mol. The smallest absolute Gasteiger partial charge is 0.267 e. The third kappa shape index (κ3) is 6.31. The average Bonchev–Trinajstić information content (AvgIpc) is 2.81. The average molecular weight is 434 g/mol. The number of carbonyl (C=O) groups excluding carboxylic acids is 2. The molecule has 2 aromatic carbocycles. The summed E-state index contributed by atoms with van der Waals surface area (Å²) >= 11 is 0. The van der Waals surface area contributed by atoms with Crippen molar-refractivity contribution in [3.05, 3.63) is 89.5 Å². The number of benzene rings is 2. The molecule has 0 radical (unpaired) electrons. The van der Waals surface area contributed by atoms with Gasteiger partial charge in [-0.15, -0.1) is 0 Å². The molecule has 0 saturated carbocycles. The Kier molecular flexibility index (Phi) is 8.20. The van der Waals surface area contributed by atoms with E-state index in [0.29, 0.717) is 42.3 Å². The highest BCUT2D eigenvalue weighted by molar-refractivity contribution is 5.97. The summed E-state index contributed by atoms with van der Waals surface area (Å²) in [7, 11) is 0. The first-order valence-electron chi connectivity index (χ1n) is 10.6. The molecule has 1 N–H and O–H groups in total. The number of pyridine rings is 1. The molecule has 0 atom stereocenters. The standard InChI is InChI=1S/C25H27N3O4/c1-3-31-21-14-13-20(16-22(21)32-4-2)25(30)26-17-24(29)27-23-12-8-9-15-28(23)18-19-10-6-5-7-11-19/h5-16H,3-4,17-18H2,1-2H3,(H,26,30). The van der Waals surface area contributed by atoms with Gasteiger partial charge in [-0.3, -0.25) is 9.59 Å². The number of aromatic nitrogens is 1. The highest BCUT2D eigenvalue weighted by atomic mass is 16.5. The summed E-state index contributed by atoms with van der Waals surface area (Å²) in [5, 5.41) is 2.62. The van der Waals surface area contributed by atoms with Crippen LogP contribution in [0.3, 0.4) is 0 Å². The van der Waals surface area contributed by atoms with Crippen LogP contribution in [-0.2, 0) is 11.3 Å². The third-order valence-corrected chi connectivity index (χ3v) is 4.56. The fraction of sp³-hybridized carbons (Fsp3) is 0.240. The van der Waals surface area contributed by atoms with Gasteiger partial charge in [0.05, 0.1) is 19.8 Å². The Morgan fingerprint density at radius 1 is 0.906 bits per heavy atom. The van der Waals surface area contributed by atoms with Crippen molar-refractivity contribution in [2.75, 3.05) is 19.8 Å². The zero-order valence-corrected chi connectivity index (χ0v) is 18.3. The van der Waals surface area contributed by atoms with Crippen molar-refractivity contribution < 1.29 is 19.1 Å². The van der Waals surface area contributed by atoms with Gasteiger partial charge >= 0.3 is 0 Å². The Balaban J connectivity index is 1.68. The first-order valence-corrected chi connectivity index (χ1v) is 10.6. The minimum absolute atomic E-state index is 0.212. The van der Waals surface area contributed by atoms with Crippen LogP contribution in [0.5, 0.6) is 11.5 Å². The normalized spacial score (nSPS) is 11.1. The van der Waals surface area contributed by atoms with Crippen molar-refractivity contribution in [1.29, 1.82) is 0 Å². The molecule has 3 rings (SSSR count). The van der Waals surface area contributed by atoms with Crippen LogP contribution in [0.1, 0.15) is 29.8 Å². The van der Waals surface area contributed by atoms with Crippen LogP contribution in [0.2, 0.25) is 0 Å². The van der Waals surface area contributed by atoms with Crippen molar-refractivity contribution in [3.8, 4) is 11.5 Å². The molecule has 3 aromatic rings. The fourth-order valence-corrected chi connectivity index (χ4v) is 3.10. The van der Waals surface area contributed by atoms with Gasteiger partial charge in [0, 0.05) is 18.3 Å². The molecule has 7 heteroatoms. The minimum Gasteiger partial charge on any atom is -0.490 e. The van der Waals surface area contributed by atoms with Gasteiger partial charge in [0.25, 0.3) is 11.8 Å². The summed E-state index contributed by atoms with van der Waals surface area (Å²) in [5.41, 5.74) is 2.00. The van der Waals surface area contributed by atoms with E-state index in [1.165, 1.54) is 0 Å². The predicted molar refractivity (Wildman–Crippen MR) is 122 cm³/mol. The molecule has 32 heavy (non-hydrogen) atoms. The lowest BCUT2D eigenvalue weighted by Gasteiger charge is -2.12. The summed E-state index contributed by atoms with van der Waals surface area (Å²) < 4.78 is 13.0. The van der Waals surface area contributed by atoms with Crippen molar-refractivity contribution in [2.24, 2.45) is 4.99 Å². The second kappa shape index (κ2) is 11.5. The summed E-state index contributed by atoms with van der Waals surface area (Å²) in [6.45, 7) is 5.05. The molecule has 0 fully saturated rings. The molecule has 0 aliphatic carbocycles. The maximum absolute atomic E-state index is 12.5. The Bertz CT molecular complexity index is 1120. The van der Waals surface area contributed by atoms with Crippen LogP contribution in [0.25, 0.3) is 0 Å². The number of nitrogens with zero attached hydrogens (tertiary/aromatic N) is 2. The SMILES string of the molecule is CCOc1ccc(C(=O)NCC(=O)N=c2ccccn2Cc2ccccc2)cc1OCC. The predicted octanol–water partition coefficient (Wildman–Crippen LogP) is 3.19. The van der Waals surface area contributed by atoms with E-state index in [2.05, 4.69) is 10.3 Å². The van der Waals surface area contributed by atoms with E-state index in [-0.39, 0.29) is 12.5 Å². The van der Waals surface area contributed by atoms with Crippen molar-refractivity contribution >= 4 is 11.8 Å². The van der Waals surface area contributed by atoms with E-state index in [0.717, 1.165) is 5.56 Å². The molecule has 7 nitrogen and oxygen atoms in total. The topological polar surface area (TPSA) is 81.9 Å². The lowest BCUT2D eigenvalue weighted by Crippen LogP contribution is -2.31. The molecule has 0 aliphatic heterocycles. The zero-order valence-electron chi connectivity index (χ0n) is 18.3. The summed E-state index contributed by atoms with van der Waals surface area (Å²) in [6.07, 6.45) is 1.87. The number of ether oxygens (including phenoxy) is 2. The Labute approximate surface area is 187 Å². The van der Waals surface area contributed by atoms with Gasteiger partial charge in [0.2, 0.25) is 0 Å². The van der Waals surface area contributed by atoms with Crippen molar-refractivity contribution in [1.82, 2.24) is 9.88 Å². The number of rotatable bonds is 9. The van der Waals surface area contributed by atoms with Crippen molar-refractivity contribution in [2.45, 2.75) is 20.4 Å². The molecule has 0 aliphatic rings. The number of hydrogen-bond acceptors (Lipinski definition) is 4. The van der Waals surface area contributed by atoms with E-state index in [1.807, 2.05) is 67.1 Å². The summed E-state index contributed by atoms with van der Waals surface area (Å²) in [5.74, 6) is 0.235. The summed E-state index contributed by atoms with van der Waals surface area (Å²) in [4.78, 5) is 29.1. The van der Waals surface area contributed by atoms with E-state index < -0.39 is 5.91 Å². The Morgan fingerprint density at radius 3 is 2.38 bits per heavy atom. The molecular weight excluding hydrogens is 406 g/mol. The van der Waals surface area contributed by atoms with E-state index >= 15 is 0 Å². The number of amides is 2. The maximum atomic E-state index is 12.5. The van der Waals surface area contributed by atoms with Gasteiger partial charge in [-0.1, -0.05) is 36.4 Å². The van der Waals surface area contributed by atoms with Crippen molar-refractivity contribution in [3.63, 3.8) is 0 Å². The summed E-state index contributed by atoms with van der Waals surface area (Å²) in [6, 6.07) is 20.3. The number of nitrogens with one attached hydrogen (secondary N) is 1. The van der Waals surface area contributed by atoms with Crippen LogP contribution in [0.4, 0.5) is 0 Å². The largest absolute Gasteiger partial charge is 0.490 e. The fourth-order valence-electron chi connectivity index (χ4n) is 3.10. The number of hydrogen-bond donors (Lipinski definition) is 1. The second-order valence-corrected chi connectivity index (χ2v) is 6.89. The lowest BCUT2D eigenvalue weighted by atomic mass is 10.2. The van der Waals surface area contributed by atoms with Crippen LogP contribution < -0.4 is 20.3 Å². The first kappa shape index (κ1) is 22.8. The molecule has 1 heterocycles. The zero-order chi connectivity index (χ0) is 22.8. The van der Waals surface area contributed by atoms with Gasteiger partial charge in [0.1, 0.15) is 5.49 Å². The molecule has 0 unspecified atom stereocenters. The molecule has 0 spiro atoms. The van der Waals surface area contributed by atoms with Crippen LogP contribution in [0, 0.1) is 0 Å². The van der Waals surface area contributed by atoms with E-state index in [4.69, 9.17) is 9.47 Å². The highest BCUT2D eigenvalue weighted by Crippen LogP contribution is 2.28. The minimum atomic E-state index is -0.442. The van der Waals surface area contributed by atoms with E-state index in [1.54, 1.807) is 24.3 Å². The number of carbonyl (C=O) groups is 2. The molecule has 166 valence electrons. The second-order valence-electron chi connectivity index (χ2n) is 6.89. The lowest BCUT2D eigenvalue weighted by molar-refractivity contribution is -0.117. The molecular formula is C25H27N3O4. The Hall–Kier alpha value is -3.87. The van der Waals surface area contributed by atoms with Crippen LogP contribution in [-0.4, -0.2) is 36.1 Å². The quantitative estimate of drug-likeness (QED) is 0.562. The molecule has 0 saturated heterocycles. The van der Waals surface area contributed by atoms with Crippen LogP contribution in [0.15, 0.2) is 77.9 Å². The third-order valence-electron chi connectivity index (χ3n) is 4.56. The molecule has 1 aromatic heterocycles. The van der Waals surface area contributed by atoms with E-state index in [9.17, 15) is 9.59 Å². The molecule has 2 amide bonds. The van der Waals surface area contributed by atoms with Crippen LogP contribution >= 0.6 is 0 Å². The molecule has 0 bridgehead atoms. The van der Waals surface area contributed by atoms with Gasteiger partial charge in [-0.2, -0.15) is 4.99 Å². The van der Waals surface area contributed by atoms with Gasteiger partial charge in [0.15, 0.2) is 11.5 Å².